The molecule has 1 aliphatic rings. The summed E-state index contributed by atoms with van der Waals surface area (Å²) in [6.45, 7) is 8.15. The van der Waals surface area contributed by atoms with Crippen LogP contribution in [0.5, 0.6) is 0 Å². The number of rotatable bonds is 3. The molecule has 0 amide bonds. The van der Waals surface area contributed by atoms with Crippen molar-refractivity contribution >= 4 is 5.69 Å². The first-order valence-corrected chi connectivity index (χ1v) is 6.69. The van der Waals surface area contributed by atoms with Gasteiger partial charge in [0.05, 0.1) is 0 Å². The highest BCUT2D eigenvalue weighted by Gasteiger charge is 2.28. The molecule has 1 aromatic carbocycles. The highest BCUT2D eigenvalue weighted by molar-refractivity contribution is 5.46. The third-order valence-corrected chi connectivity index (χ3v) is 4.37. The Morgan fingerprint density at radius 1 is 1.24 bits per heavy atom. The van der Waals surface area contributed by atoms with E-state index in [-0.39, 0.29) is 0 Å². The summed E-state index contributed by atoms with van der Waals surface area (Å²) in [6.07, 6.45) is 3.93. The van der Waals surface area contributed by atoms with E-state index in [0.29, 0.717) is 5.41 Å². The van der Waals surface area contributed by atoms with Crippen LogP contribution in [0, 0.1) is 5.41 Å². The number of likely N-dealkylation sites (tertiary alicyclic amines) is 1. The maximum atomic E-state index is 5.99. The van der Waals surface area contributed by atoms with E-state index in [4.69, 9.17) is 5.73 Å². The van der Waals surface area contributed by atoms with Gasteiger partial charge in [-0.25, -0.2) is 0 Å². The number of hydrogen-bond acceptors (Lipinski definition) is 2. The number of hydrogen-bond donors (Lipinski definition) is 1. The maximum Gasteiger partial charge on any atom is 0.0359 e. The standard InChI is InChI=1S/C15H24N2/c1-3-15(2)8-10-17(11-9-15)12-13-6-4-5-7-14(13)16/h4-7H,3,8-12,16H2,1-2H3. The molecule has 2 heteroatoms. The van der Waals surface area contributed by atoms with Gasteiger partial charge in [-0.2, -0.15) is 0 Å². The second-order valence-electron chi connectivity index (χ2n) is 5.64. The summed E-state index contributed by atoms with van der Waals surface area (Å²) in [4.78, 5) is 2.53. The molecule has 1 aliphatic heterocycles. The molecule has 2 N–H and O–H groups in total. The van der Waals surface area contributed by atoms with Crippen LogP contribution in [0.25, 0.3) is 0 Å². The van der Waals surface area contributed by atoms with E-state index in [1.807, 2.05) is 12.1 Å². The third-order valence-electron chi connectivity index (χ3n) is 4.37. The molecule has 0 bridgehead atoms. The van der Waals surface area contributed by atoms with Crippen molar-refractivity contribution in [3.05, 3.63) is 29.8 Å². The summed E-state index contributed by atoms with van der Waals surface area (Å²) < 4.78 is 0. The average Bonchev–Trinajstić information content (AvgIpc) is 2.35. The largest absolute Gasteiger partial charge is 0.398 e. The van der Waals surface area contributed by atoms with E-state index in [2.05, 4.69) is 30.9 Å². The van der Waals surface area contributed by atoms with Crippen LogP contribution in [0.4, 0.5) is 5.69 Å². The van der Waals surface area contributed by atoms with Crippen molar-refractivity contribution in [2.45, 2.75) is 39.7 Å². The van der Waals surface area contributed by atoms with Gasteiger partial charge < -0.3 is 5.73 Å². The van der Waals surface area contributed by atoms with E-state index in [9.17, 15) is 0 Å². The van der Waals surface area contributed by atoms with E-state index >= 15 is 0 Å². The van der Waals surface area contributed by atoms with Crippen molar-refractivity contribution in [2.75, 3.05) is 18.8 Å². The smallest absolute Gasteiger partial charge is 0.0359 e. The average molecular weight is 232 g/mol. The first-order chi connectivity index (χ1) is 8.13. The second-order valence-corrected chi connectivity index (χ2v) is 5.64. The van der Waals surface area contributed by atoms with Gasteiger partial charge in [-0.05, 0) is 43.0 Å². The van der Waals surface area contributed by atoms with Gasteiger partial charge >= 0.3 is 0 Å². The quantitative estimate of drug-likeness (QED) is 0.810. The molecule has 0 aliphatic carbocycles. The molecule has 2 rings (SSSR count). The van der Waals surface area contributed by atoms with E-state index in [0.717, 1.165) is 12.2 Å². The van der Waals surface area contributed by atoms with Crippen LogP contribution in [0.2, 0.25) is 0 Å². The van der Waals surface area contributed by atoms with E-state index < -0.39 is 0 Å². The Balaban J connectivity index is 1.93. The summed E-state index contributed by atoms with van der Waals surface area (Å²) in [5.41, 5.74) is 8.76. The molecular formula is C15H24N2. The van der Waals surface area contributed by atoms with Gasteiger partial charge in [-0.3, -0.25) is 4.90 Å². The molecular weight excluding hydrogens is 208 g/mol. The Morgan fingerprint density at radius 3 is 2.47 bits per heavy atom. The fourth-order valence-corrected chi connectivity index (χ4v) is 2.52. The molecule has 1 saturated heterocycles. The third kappa shape index (κ3) is 3.01. The molecule has 1 aromatic rings. The fraction of sp³-hybridized carbons (Fsp3) is 0.600. The van der Waals surface area contributed by atoms with Gasteiger partial charge in [-0.15, -0.1) is 0 Å². The predicted molar refractivity (Wildman–Crippen MR) is 73.8 cm³/mol. The Morgan fingerprint density at radius 2 is 1.88 bits per heavy atom. The van der Waals surface area contributed by atoms with Gasteiger partial charge in [0.2, 0.25) is 0 Å². The number of nitrogens with two attached hydrogens (primary N) is 1. The number of benzene rings is 1. The van der Waals surface area contributed by atoms with Crippen LogP contribution in [0.15, 0.2) is 24.3 Å². The van der Waals surface area contributed by atoms with E-state index in [1.54, 1.807) is 0 Å². The first-order valence-electron chi connectivity index (χ1n) is 6.69. The number of anilines is 1. The lowest BCUT2D eigenvalue weighted by Gasteiger charge is -2.39. The highest BCUT2D eigenvalue weighted by Crippen LogP contribution is 2.34. The molecule has 0 aromatic heterocycles. The van der Waals surface area contributed by atoms with Crippen LogP contribution in [0.3, 0.4) is 0 Å². The zero-order valence-corrected chi connectivity index (χ0v) is 11.1. The van der Waals surface area contributed by atoms with Gasteiger partial charge in [-0.1, -0.05) is 38.5 Å². The zero-order chi connectivity index (χ0) is 12.3. The lowest BCUT2D eigenvalue weighted by Crippen LogP contribution is -2.38. The Bertz CT molecular complexity index is 365. The maximum absolute atomic E-state index is 5.99. The topological polar surface area (TPSA) is 29.3 Å². The minimum absolute atomic E-state index is 0.568. The van der Waals surface area contributed by atoms with Gasteiger partial charge in [0.1, 0.15) is 0 Å². The number of para-hydroxylation sites is 1. The summed E-state index contributed by atoms with van der Waals surface area (Å²) >= 11 is 0. The molecule has 0 atom stereocenters. The summed E-state index contributed by atoms with van der Waals surface area (Å²) in [5, 5.41) is 0. The summed E-state index contributed by atoms with van der Waals surface area (Å²) in [5.74, 6) is 0. The van der Waals surface area contributed by atoms with Crippen molar-refractivity contribution in [1.82, 2.24) is 4.90 Å². The minimum atomic E-state index is 0.568. The van der Waals surface area contributed by atoms with Crippen molar-refractivity contribution in [3.63, 3.8) is 0 Å². The van der Waals surface area contributed by atoms with Gasteiger partial charge in [0.25, 0.3) is 0 Å². The summed E-state index contributed by atoms with van der Waals surface area (Å²) in [7, 11) is 0. The van der Waals surface area contributed by atoms with Crippen molar-refractivity contribution in [1.29, 1.82) is 0 Å². The fourth-order valence-electron chi connectivity index (χ4n) is 2.52. The second kappa shape index (κ2) is 5.09. The first kappa shape index (κ1) is 12.4. The molecule has 94 valence electrons. The van der Waals surface area contributed by atoms with Crippen LogP contribution < -0.4 is 5.73 Å². The van der Waals surface area contributed by atoms with Crippen LogP contribution in [0.1, 0.15) is 38.7 Å². The van der Waals surface area contributed by atoms with Gasteiger partial charge in [0.15, 0.2) is 0 Å². The van der Waals surface area contributed by atoms with Gasteiger partial charge in [0, 0.05) is 12.2 Å². The molecule has 1 fully saturated rings. The lowest BCUT2D eigenvalue weighted by atomic mass is 9.78. The Kier molecular flexibility index (Phi) is 3.72. The van der Waals surface area contributed by atoms with Crippen molar-refractivity contribution < 1.29 is 0 Å². The van der Waals surface area contributed by atoms with Crippen molar-refractivity contribution in [2.24, 2.45) is 5.41 Å². The molecule has 1 heterocycles. The number of nitrogen functional groups attached to an aromatic ring is 1. The minimum Gasteiger partial charge on any atom is -0.398 e. The number of piperidine rings is 1. The SMILES string of the molecule is CCC1(C)CCN(Cc2ccccc2N)CC1. The number of nitrogens with zero attached hydrogens (tertiary/aromatic N) is 1. The molecule has 0 radical (unpaired) electrons. The molecule has 0 saturated carbocycles. The Hall–Kier alpha value is -1.02. The Labute approximate surface area is 105 Å². The molecule has 0 unspecified atom stereocenters. The van der Waals surface area contributed by atoms with Crippen LogP contribution in [-0.2, 0) is 6.54 Å². The van der Waals surface area contributed by atoms with E-state index in [1.165, 1.54) is 37.9 Å². The molecule has 2 nitrogen and oxygen atoms in total. The normalized spacial score (nSPS) is 20.4. The molecule has 17 heavy (non-hydrogen) atoms. The lowest BCUT2D eigenvalue weighted by molar-refractivity contribution is 0.110. The van der Waals surface area contributed by atoms with Crippen LogP contribution in [-0.4, -0.2) is 18.0 Å². The molecule has 0 spiro atoms. The van der Waals surface area contributed by atoms with Crippen LogP contribution >= 0.6 is 0 Å². The summed E-state index contributed by atoms with van der Waals surface area (Å²) in [6, 6.07) is 8.22. The predicted octanol–water partition coefficient (Wildman–Crippen LogP) is 3.28. The highest BCUT2D eigenvalue weighted by atomic mass is 15.1. The zero-order valence-electron chi connectivity index (χ0n) is 11.1. The monoisotopic (exact) mass is 232 g/mol. The van der Waals surface area contributed by atoms with Crippen molar-refractivity contribution in [3.8, 4) is 0 Å².